The molecule has 0 radical (unpaired) electrons. The van der Waals surface area contributed by atoms with E-state index in [0.29, 0.717) is 12.4 Å². The number of hydrogen-bond donors (Lipinski definition) is 1. The average Bonchev–Trinajstić information content (AvgIpc) is 2.82. The van der Waals surface area contributed by atoms with Crippen molar-refractivity contribution in [2.24, 2.45) is 10.7 Å². The van der Waals surface area contributed by atoms with Crippen LogP contribution < -0.4 is 10.5 Å². The molecule has 1 aromatic carbocycles. The first kappa shape index (κ1) is 13.0. The lowest BCUT2D eigenvalue weighted by atomic mass is 9.97. The van der Waals surface area contributed by atoms with Gasteiger partial charge in [0.1, 0.15) is 23.2 Å². The van der Waals surface area contributed by atoms with Crippen molar-refractivity contribution in [3.63, 3.8) is 0 Å². The molecule has 2 heterocycles. The second kappa shape index (κ2) is 4.23. The highest BCUT2D eigenvalue weighted by Crippen LogP contribution is 2.42. The molecule has 0 aromatic heterocycles. The third kappa shape index (κ3) is 1.85. The zero-order valence-corrected chi connectivity index (χ0v) is 12.0. The summed E-state index contributed by atoms with van der Waals surface area (Å²) in [5, 5.41) is 0. The highest BCUT2D eigenvalue weighted by Gasteiger charge is 2.39. The van der Waals surface area contributed by atoms with Gasteiger partial charge in [-0.05, 0) is 26.3 Å². The van der Waals surface area contributed by atoms with Crippen molar-refractivity contribution >= 4 is 11.9 Å². The molecule has 2 N–H and O–H groups in total. The summed E-state index contributed by atoms with van der Waals surface area (Å²) in [6, 6.07) is 5.44. The number of para-hydroxylation sites is 1. The molecular weight excluding hydrogens is 254 g/mol. The topological polar surface area (TPSA) is 67.9 Å². The Morgan fingerprint density at radius 2 is 2.25 bits per heavy atom. The van der Waals surface area contributed by atoms with Gasteiger partial charge in [0.15, 0.2) is 0 Å². The minimum absolute atomic E-state index is 0.218. The number of urea groups is 1. The van der Waals surface area contributed by atoms with E-state index in [-0.39, 0.29) is 17.7 Å². The van der Waals surface area contributed by atoms with E-state index < -0.39 is 0 Å². The molecule has 5 nitrogen and oxygen atoms in total. The van der Waals surface area contributed by atoms with Crippen LogP contribution >= 0.6 is 0 Å². The Morgan fingerprint density at radius 1 is 1.50 bits per heavy atom. The molecule has 3 rings (SSSR count). The summed E-state index contributed by atoms with van der Waals surface area (Å²) in [5.74, 6) is 1.20. The fraction of sp³-hybridized carbons (Fsp3) is 0.467. The molecular formula is C15H19N3O2. The molecule has 2 amide bonds. The van der Waals surface area contributed by atoms with Crippen LogP contribution in [-0.2, 0) is 6.42 Å². The van der Waals surface area contributed by atoms with E-state index >= 15 is 0 Å². The summed E-state index contributed by atoms with van der Waals surface area (Å²) in [6.07, 6.45) is 0.861. The lowest BCUT2D eigenvalue weighted by Gasteiger charge is -2.25. The largest absolute Gasteiger partial charge is 0.487 e. The van der Waals surface area contributed by atoms with Crippen LogP contribution in [0.4, 0.5) is 4.79 Å². The Labute approximate surface area is 118 Å². The van der Waals surface area contributed by atoms with Gasteiger partial charge in [0, 0.05) is 18.5 Å². The molecule has 0 bridgehead atoms. The predicted octanol–water partition coefficient (Wildman–Crippen LogP) is 2.25. The summed E-state index contributed by atoms with van der Waals surface area (Å²) < 4.78 is 6.07. The van der Waals surface area contributed by atoms with Crippen LogP contribution in [0.5, 0.6) is 5.75 Å². The van der Waals surface area contributed by atoms with Crippen LogP contribution in [0.25, 0.3) is 0 Å². The Hall–Kier alpha value is -2.04. The highest BCUT2D eigenvalue weighted by atomic mass is 16.5. The van der Waals surface area contributed by atoms with E-state index in [0.717, 1.165) is 23.3 Å². The summed E-state index contributed by atoms with van der Waals surface area (Å²) in [6.45, 7) is 6.62. The lowest BCUT2D eigenvalue weighted by molar-refractivity contribution is 0.135. The number of nitrogens with zero attached hydrogens (tertiary/aromatic N) is 2. The first-order valence-electron chi connectivity index (χ1n) is 6.88. The minimum Gasteiger partial charge on any atom is -0.487 e. The number of amidine groups is 1. The monoisotopic (exact) mass is 273 g/mol. The van der Waals surface area contributed by atoms with Crippen LogP contribution in [-0.4, -0.2) is 28.9 Å². The lowest BCUT2D eigenvalue weighted by Crippen LogP contribution is -2.33. The molecule has 1 atom stereocenters. The smallest absolute Gasteiger partial charge is 0.346 e. The van der Waals surface area contributed by atoms with Crippen LogP contribution in [0.2, 0.25) is 0 Å². The summed E-state index contributed by atoms with van der Waals surface area (Å²) in [4.78, 5) is 17.4. The van der Waals surface area contributed by atoms with E-state index in [4.69, 9.17) is 10.5 Å². The minimum atomic E-state index is -0.309. The molecule has 0 saturated carbocycles. The molecule has 0 saturated heterocycles. The summed E-state index contributed by atoms with van der Waals surface area (Å²) in [5.41, 5.74) is 7.84. The average molecular weight is 273 g/mol. The normalized spacial score (nSPS) is 23.6. The third-order valence-corrected chi connectivity index (χ3v) is 3.82. The van der Waals surface area contributed by atoms with Gasteiger partial charge < -0.3 is 15.4 Å². The van der Waals surface area contributed by atoms with Gasteiger partial charge in [0.05, 0.1) is 0 Å². The number of ether oxygens (including phenoxy) is 1. The van der Waals surface area contributed by atoms with Gasteiger partial charge in [-0.25, -0.2) is 4.79 Å². The number of hydrogen-bond acceptors (Lipinski definition) is 3. The highest BCUT2D eigenvalue weighted by molar-refractivity contribution is 6.03. The molecule has 0 fully saturated rings. The van der Waals surface area contributed by atoms with E-state index in [1.165, 1.54) is 0 Å². The number of likely N-dealkylation sites (N-methyl/N-ethyl adjacent to an activating group) is 1. The zero-order valence-electron chi connectivity index (χ0n) is 12.0. The molecule has 0 spiro atoms. The van der Waals surface area contributed by atoms with E-state index in [1.54, 1.807) is 4.90 Å². The first-order chi connectivity index (χ1) is 9.43. The SMILES string of the molecule is CCN1C(=O)N=C(N)C1c1cccc2c1OC(C)(C)C2. The van der Waals surface area contributed by atoms with Gasteiger partial charge in [0.25, 0.3) is 0 Å². The van der Waals surface area contributed by atoms with Gasteiger partial charge in [-0.2, -0.15) is 4.99 Å². The van der Waals surface area contributed by atoms with Crippen LogP contribution in [0.3, 0.4) is 0 Å². The number of fused-ring (bicyclic) bond motifs is 1. The second-order valence-electron chi connectivity index (χ2n) is 5.88. The molecule has 106 valence electrons. The van der Waals surface area contributed by atoms with Crippen LogP contribution in [0.1, 0.15) is 37.9 Å². The molecule has 1 unspecified atom stereocenters. The van der Waals surface area contributed by atoms with Crippen molar-refractivity contribution in [2.75, 3.05) is 6.54 Å². The molecule has 1 aromatic rings. The summed E-state index contributed by atoms with van der Waals surface area (Å²) in [7, 11) is 0. The van der Waals surface area contributed by atoms with E-state index in [2.05, 4.69) is 24.9 Å². The van der Waals surface area contributed by atoms with Gasteiger partial charge in [-0.1, -0.05) is 18.2 Å². The van der Waals surface area contributed by atoms with Crippen molar-refractivity contribution in [1.29, 1.82) is 0 Å². The number of aliphatic imine (C=N–C) groups is 1. The molecule has 0 aliphatic carbocycles. The Kier molecular flexibility index (Phi) is 2.74. The van der Waals surface area contributed by atoms with Crippen molar-refractivity contribution in [3.05, 3.63) is 29.3 Å². The zero-order chi connectivity index (χ0) is 14.5. The number of amides is 2. The van der Waals surface area contributed by atoms with Crippen LogP contribution in [0.15, 0.2) is 23.2 Å². The Morgan fingerprint density at radius 3 is 2.95 bits per heavy atom. The fourth-order valence-corrected chi connectivity index (χ4v) is 3.01. The Bertz CT molecular complexity index is 607. The van der Waals surface area contributed by atoms with Gasteiger partial charge in [0.2, 0.25) is 0 Å². The number of nitrogens with two attached hydrogens (primary N) is 1. The third-order valence-electron chi connectivity index (χ3n) is 3.82. The van der Waals surface area contributed by atoms with E-state index in [1.807, 2.05) is 19.1 Å². The maximum absolute atomic E-state index is 11.8. The van der Waals surface area contributed by atoms with Crippen molar-refractivity contribution in [3.8, 4) is 5.75 Å². The second-order valence-corrected chi connectivity index (χ2v) is 5.88. The maximum Gasteiger partial charge on any atom is 0.346 e. The molecule has 2 aliphatic rings. The van der Waals surface area contributed by atoms with Crippen molar-refractivity contribution in [1.82, 2.24) is 4.90 Å². The number of carbonyl (C=O) groups excluding carboxylic acids is 1. The maximum atomic E-state index is 11.8. The van der Waals surface area contributed by atoms with Crippen molar-refractivity contribution < 1.29 is 9.53 Å². The number of benzene rings is 1. The molecule has 2 aliphatic heterocycles. The van der Waals surface area contributed by atoms with Crippen molar-refractivity contribution in [2.45, 2.75) is 38.8 Å². The molecule has 5 heteroatoms. The van der Waals surface area contributed by atoms with Gasteiger partial charge in [-0.3, -0.25) is 0 Å². The van der Waals surface area contributed by atoms with E-state index in [9.17, 15) is 4.79 Å². The number of rotatable bonds is 2. The standard InChI is InChI=1S/C15H19N3O2/c1-4-18-11(13(16)17-14(18)19)10-7-5-6-9-8-15(2,3)20-12(9)10/h5-7,11H,4,8H2,1-3H3,(H2,16,17,19). The predicted molar refractivity (Wildman–Crippen MR) is 77.0 cm³/mol. The Balaban J connectivity index is 2.07. The summed E-state index contributed by atoms with van der Waals surface area (Å²) >= 11 is 0. The van der Waals surface area contributed by atoms with Crippen LogP contribution in [0, 0.1) is 0 Å². The van der Waals surface area contributed by atoms with Gasteiger partial charge in [-0.15, -0.1) is 0 Å². The quantitative estimate of drug-likeness (QED) is 0.898. The fourth-order valence-electron chi connectivity index (χ4n) is 3.01. The first-order valence-corrected chi connectivity index (χ1v) is 6.88. The molecule has 20 heavy (non-hydrogen) atoms. The number of carbonyl (C=O) groups is 1. The van der Waals surface area contributed by atoms with Gasteiger partial charge >= 0.3 is 6.03 Å².